The van der Waals surface area contributed by atoms with Crippen LogP contribution in [0, 0.1) is 0 Å². The molecule has 21 heavy (non-hydrogen) atoms. The number of nitrogens with zero attached hydrogens (tertiary/aromatic N) is 2. The van der Waals surface area contributed by atoms with Crippen molar-refractivity contribution >= 4 is 0 Å². The van der Waals surface area contributed by atoms with Crippen LogP contribution in [0.5, 0.6) is 5.88 Å². The van der Waals surface area contributed by atoms with E-state index >= 15 is 0 Å². The highest BCUT2D eigenvalue weighted by Gasteiger charge is 2.27. The minimum absolute atomic E-state index is 0.0889. The van der Waals surface area contributed by atoms with Gasteiger partial charge in [0.25, 0.3) is 0 Å². The van der Waals surface area contributed by atoms with Crippen molar-refractivity contribution in [1.29, 1.82) is 0 Å². The zero-order chi connectivity index (χ0) is 15.1. The quantitative estimate of drug-likeness (QED) is 0.847. The molecule has 1 aromatic heterocycles. The molecule has 1 aromatic carbocycles. The lowest BCUT2D eigenvalue weighted by Crippen LogP contribution is -2.28. The monoisotopic (exact) mass is 285 g/mol. The molecule has 1 heterocycles. The maximum atomic E-state index is 5.39. The summed E-state index contributed by atoms with van der Waals surface area (Å²) >= 11 is 0. The van der Waals surface area contributed by atoms with E-state index in [1.54, 1.807) is 19.5 Å². The molecule has 112 valence electrons. The topological polar surface area (TPSA) is 47.0 Å². The standard InChI is InChI=1S/C17H23N3O/c1-4-14(13-9-7-6-8-10-13)15(18-5-2)16-17(21-3)20-12-11-19-16/h6-12,14-15,18H,4-5H2,1-3H3. The van der Waals surface area contributed by atoms with Gasteiger partial charge in [-0.2, -0.15) is 0 Å². The number of nitrogens with one attached hydrogen (secondary N) is 1. The molecule has 0 radical (unpaired) electrons. The van der Waals surface area contributed by atoms with Crippen molar-refractivity contribution in [2.75, 3.05) is 13.7 Å². The van der Waals surface area contributed by atoms with Crippen molar-refractivity contribution in [3.63, 3.8) is 0 Å². The van der Waals surface area contributed by atoms with Crippen molar-refractivity contribution in [2.45, 2.75) is 32.2 Å². The van der Waals surface area contributed by atoms with Crippen LogP contribution in [0.4, 0.5) is 0 Å². The van der Waals surface area contributed by atoms with Crippen molar-refractivity contribution < 1.29 is 4.74 Å². The molecule has 1 N–H and O–H groups in total. The summed E-state index contributed by atoms with van der Waals surface area (Å²) in [5.41, 5.74) is 2.18. The van der Waals surface area contributed by atoms with E-state index in [4.69, 9.17) is 4.74 Å². The van der Waals surface area contributed by atoms with Crippen molar-refractivity contribution in [3.8, 4) is 5.88 Å². The molecule has 2 rings (SSSR count). The lowest BCUT2D eigenvalue weighted by atomic mass is 9.87. The summed E-state index contributed by atoms with van der Waals surface area (Å²) in [5, 5.41) is 3.54. The van der Waals surface area contributed by atoms with Crippen molar-refractivity contribution in [1.82, 2.24) is 15.3 Å². The van der Waals surface area contributed by atoms with Gasteiger partial charge >= 0.3 is 0 Å². The number of aromatic nitrogens is 2. The Balaban J connectivity index is 2.41. The lowest BCUT2D eigenvalue weighted by Gasteiger charge is -2.27. The number of hydrogen-bond donors (Lipinski definition) is 1. The zero-order valence-corrected chi connectivity index (χ0v) is 12.9. The van der Waals surface area contributed by atoms with Crippen LogP contribution in [0.1, 0.15) is 43.5 Å². The van der Waals surface area contributed by atoms with Crippen molar-refractivity contribution in [3.05, 3.63) is 54.0 Å². The van der Waals surface area contributed by atoms with Gasteiger partial charge in [-0.25, -0.2) is 4.98 Å². The first-order chi connectivity index (χ1) is 10.3. The van der Waals surface area contributed by atoms with Gasteiger partial charge in [-0.3, -0.25) is 4.98 Å². The Morgan fingerprint density at radius 3 is 2.43 bits per heavy atom. The Morgan fingerprint density at radius 2 is 1.81 bits per heavy atom. The fourth-order valence-corrected chi connectivity index (χ4v) is 2.72. The van der Waals surface area contributed by atoms with Crippen LogP contribution in [0.3, 0.4) is 0 Å². The molecule has 2 atom stereocenters. The van der Waals surface area contributed by atoms with Gasteiger partial charge in [0, 0.05) is 18.3 Å². The van der Waals surface area contributed by atoms with E-state index in [2.05, 4.69) is 53.4 Å². The molecule has 0 bridgehead atoms. The molecule has 0 aliphatic rings. The maximum absolute atomic E-state index is 5.39. The van der Waals surface area contributed by atoms with Gasteiger partial charge in [0.15, 0.2) is 0 Å². The number of benzene rings is 1. The third-order valence-corrected chi connectivity index (χ3v) is 3.67. The zero-order valence-electron chi connectivity index (χ0n) is 12.9. The minimum atomic E-state index is 0.0889. The maximum Gasteiger partial charge on any atom is 0.237 e. The molecule has 2 aromatic rings. The summed E-state index contributed by atoms with van der Waals surface area (Å²) in [6, 6.07) is 10.6. The van der Waals surface area contributed by atoms with E-state index in [-0.39, 0.29) is 6.04 Å². The summed E-state index contributed by atoms with van der Waals surface area (Å²) in [6.45, 7) is 5.17. The average molecular weight is 285 g/mol. The normalized spacial score (nSPS) is 13.7. The van der Waals surface area contributed by atoms with Gasteiger partial charge in [0.05, 0.1) is 13.2 Å². The highest BCUT2D eigenvalue weighted by atomic mass is 16.5. The molecule has 0 aliphatic carbocycles. The van der Waals surface area contributed by atoms with Gasteiger partial charge in [0.2, 0.25) is 5.88 Å². The molecule has 2 unspecified atom stereocenters. The smallest absolute Gasteiger partial charge is 0.237 e. The van der Waals surface area contributed by atoms with E-state index in [0.717, 1.165) is 18.7 Å². The van der Waals surface area contributed by atoms with Gasteiger partial charge in [-0.05, 0) is 18.5 Å². The summed E-state index contributed by atoms with van der Waals surface area (Å²) in [6.07, 6.45) is 4.40. The van der Waals surface area contributed by atoms with E-state index in [0.29, 0.717) is 11.8 Å². The van der Waals surface area contributed by atoms with Crippen LogP contribution in [-0.4, -0.2) is 23.6 Å². The number of methoxy groups -OCH3 is 1. The molecule has 0 saturated carbocycles. The largest absolute Gasteiger partial charge is 0.480 e. The number of hydrogen-bond acceptors (Lipinski definition) is 4. The van der Waals surface area contributed by atoms with Crippen LogP contribution in [0.25, 0.3) is 0 Å². The first-order valence-electron chi connectivity index (χ1n) is 7.45. The number of rotatable bonds is 7. The van der Waals surface area contributed by atoms with E-state index < -0.39 is 0 Å². The lowest BCUT2D eigenvalue weighted by molar-refractivity contribution is 0.362. The molecule has 4 heteroatoms. The SMILES string of the molecule is CCNC(c1nccnc1OC)C(CC)c1ccccc1. The van der Waals surface area contributed by atoms with Crippen LogP contribution < -0.4 is 10.1 Å². The van der Waals surface area contributed by atoms with Crippen LogP contribution in [0.2, 0.25) is 0 Å². The molecular formula is C17H23N3O. The molecule has 0 aliphatic heterocycles. The Bertz CT molecular complexity index is 545. The summed E-state index contributed by atoms with van der Waals surface area (Å²) in [5.74, 6) is 0.926. The molecule has 0 amide bonds. The summed E-state index contributed by atoms with van der Waals surface area (Å²) in [4.78, 5) is 8.80. The predicted octanol–water partition coefficient (Wildman–Crippen LogP) is 3.33. The van der Waals surface area contributed by atoms with Crippen LogP contribution in [-0.2, 0) is 0 Å². The predicted molar refractivity (Wildman–Crippen MR) is 84.5 cm³/mol. The average Bonchev–Trinajstić information content (AvgIpc) is 2.55. The molecule has 0 saturated heterocycles. The van der Waals surface area contributed by atoms with E-state index in [1.165, 1.54) is 5.56 Å². The second-order valence-corrected chi connectivity index (χ2v) is 4.91. The summed E-state index contributed by atoms with van der Waals surface area (Å²) < 4.78 is 5.39. The molecule has 4 nitrogen and oxygen atoms in total. The Morgan fingerprint density at radius 1 is 1.10 bits per heavy atom. The Labute approximate surface area is 126 Å². The highest BCUT2D eigenvalue weighted by molar-refractivity contribution is 5.29. The highest BCUT2D eigenvalue weighted by Crippen LogP contribution is 2.35. The third-order valence-electron chi connectivity index (χ3n) is 3.67. The minimum Gasteiger partial charge on any atom is -0.480 e. The van der Waals surface area contributed by atoms with E-state index in [1.807, 2.05) is 6.07 Å². The van der Waals surface area contributed by atoms with Gasteiger partial charge in [-0.1, -0.05) is 44.2 Å². The number of ether oxygens (including phenoxy) is 1. The fraction of sp³-hybridized carbons (Fsp3) is 0.412. The molecular weight excluding hydrogens is 262 g/mol. The third kappa shape index (κ3) is 3.58. The summed E-state index contributed by atoms with van der Waals surface area (Å²) in [7, 11) is 1.64. The van der Waals surface area contributed by atoms with Gasteiger partial charge < -0.3 is 10.1 Å². The first kappa shape index (κ1) is 15.4. The van der Waals surface area contributed by atoms with Gasteiger partial charge in [0.1, 0.15) is 5.69 Å². The van der Waals surface area contributed by atoms with Crippen LogP contribution >= 0.6 is 0 Å². The Hall–Kier alpha value is -1.94. The molecule has 0 fully saturated rings. The molecule has 0 spiro atoms. The second kappa shape index (κ2) is 7.74. The van der Waals surface area contributed by atoms with Crippen molar-refractivity contribution in [2.24, 2.45) is 0 Å². The second-order valence-electron chi connectivity index (χ2n) is 4.91. The first-order valence-corrected chi connectivity index (χ1v) is 7.45. The fourth-order valence-electron chi connectivity index (χ4n) is 2.72. The van der Waals surface area contributed by atoms with Crippen LogP contribution in [0.15, 0.2) is 42.7 Å². The Kier molecular flexibility index (Phi) is 5.69. The van der Waals surface area contributed by atoms with E-state index in [9.17, 15) is 0 Å². The van der Waals surface area contributed by atoms with Gasteiger partial charge in [-0.15, -0.1) is 0 Å². The number of likely N-dealkylation sites (N-methyl/N-ethyl adjacent to an activating group) is 1.